The Morgan fingerprint density at radius 3 is 2.93 bits per heavy atom. The molecule has 0 bridgehead atoms. The number of nitrogens with one attached hydrogen (secondary N) is 2. The van der Waals surface area contributed by atoms with Crippen LogP contribution in [0.25, 0.3) is 12.2 Å². The number of hydrogen-bond donors (Lipinski definition) is 3. The highest BCUT2D eigenvalue weighted by Crippen LogP contribution is 2.20. The molecule has 0 saturated heterocycles. The van der Waals surface area contributed by atoms with Crippen molar-refractivity contribution in [3.63, 3.8) is 0 Å². The van der Waals surface area contributed by atoms with Crippen LogP contribution in [0.5, 0.6) is 0 Å². The summed E-state index contributed by atoms with van der Waals surface area (Å²) in [4.78, 5) is 0. The van der Waals surface area contributed by atoms with Crippen molar-refractivity contribution in [2.45, 2.75) is 6.92 Å². The summed E-state index contributed by atoms with van der Waals surface area (Å²) in [5.74, 6) is 0.394. The van der Waals surface area contributed by atoms with Crippen LogP contribution in [0, 0.1) is 11.3 Å². The van der Waals surface area contributed by atoms with Crippen LogP contribution in [0.4, 0.5) is 0 Å². The maximum atomic E-state index is 7.35. The van der Waals surface area contributed by atoms with Gasteiger partial charge in [-0.1, -0.05) is 25.2 Å². The van der Waals surface area contributed by atoms with Gasteiger partial charge in [-0.05, 0) is 12.0 Å². The van der Waals surface area contributed by atoms with Gasteiger partial charge in [0.05, 0.1) is 5.69 Å². The largest absolute Gasteiger partial charge is 0.382 e. The minimum atomic E-state index is -0.00453. The van der Waals surface area contributed by atoms with Crippen LogP contribution in [0.3, 0.4) is 0 Å². The number of nitrogen functional groups attached to an aromatic ring is 1. The Balaban J connectivity index is 2.54. The minimum Gasteiger partial charge on any atom is -0.382 e. The number of aromatic nitrogens is 2. The van der Waals surface area contributed by atoms with Crippen LogP contribution in [0.15, 0.2) is 12.2 Å². The van der Waals surface area contributed by atoms with E-state index >= 15 is 0 Å². The summed E-state index contributed by atoms with van der Waals surface area (Å²) >= 11 is 0. The first kappa shape index (κ1) is 8.74. The number of aromatic amines is 1. The van der Waals surface area contributed by atoms with E-state index in [1.807, 2.05) is 12.2 Å². The van der Waals surface area contributed by atoms with Crippen molar-refractivity contribution in [2.75, 3.05) is 0 Å². The Bertz CT molecular complexity index is 425. The summed E-state index contributed by atoms with van der Waals surface area (Å²) in [6, 6.07) is 0. The van der Waals surface area contributed by atoms with E-state index in [2.05, 4.69) is 29.3 Å². The number of amidine groups is 1. The zero-order valence-corrected chi connectivity index (χ0v) is 7.91. The summed E-state index contributed by atoms with van der Waals surface area (Å²) in [6.07, 6.45) is 8.06. The minimum absolute atomic E-state index is 0.00453. The molecule has 0 radical (unpaired) electrons. The Morgan fingerprint density at radius 1 is 1.50 bits per heavy atom. The van der Waals surface area contributed by atoms with Gasteiger partial charge >= 0.3 is 0 Å². The molecule has 1 aliphatic rings. The lowest BCUT2D eigenvalue weighted by atomic mass is 10.1. The summed E-state index contributed by atoms with van der Waals surface area (Å²) in [6.45, 7) is 2.10. The van der Waals surface area contributed by atoms with E-state index in [-0.39, 0.29) is 5.84 Å². The SMILES string of the molecule is CC1C=Cc2[nH]nc(C(=N)N)c2C=C1. The standard InChI is InChI=1S/C10H12N4/c1-6-2-4-7-8(5-3-6)13-14-9(7)10(11)12/h2-6H,1H3,(H3,11,12)(H,13,14). The lowest BCUT2D eigenvalue weighted by molar-refractivity contribution is 0.952. The average molecular weight is 188 g/mol. The smallest absolute Gasteiger partial charge is 0.144 e. The van der Waals surface area contributed by atoms with Crippen molar-refractivity contribution >= 4 is 18.0 Å². The van der Waals surface area contributed by atoms with Crippen molar-refractivity contribution in [3.05, 3.63) is 29.1 Å². The predicted octanol–water partition coefficient (Wildman–Crippen LogP) is 1.37. The predicted molar refractivity (Wildman–Crippen MR) is 56.8 cm³/mol. The monoisotopic (exact) mass is 188 g/mol. The van der Waals surface area contributed by atoms with E-state index in [1.165, 1.54) is 0 Å². The molecule has 0 amide bonds. The van der Waals surface area contributed by atoms with Crippen molar-refractivity contribution in [3.8, 4) is 0 Å². The zero-order valence-electron chi connectivity index (χ0n) is 7.91. The van der Waals surface area contributed by atoms with Gasteiger partial charge < -0.3 is 5.73 Å². The highest BCUT2D eigenvalue weighted by Gasteiger charge is 2.12. The van der Waals surface area contributed by atoms with Gasteiger partial charge in [0.15, 0.2) is 0 Å². The summed E-state index contributed by atoms with van der Waals surface area (Å²) in [5, 5.41) is 14.2. The molecular weight excluding hydrogens is 176 g/mol. The summed E-state index contributed by atoms with van der Waals surface area (Å²) in [7, 11) is 0. The van der Waals surface area contributed by atoms with Crippen LogP contribution in [-0.4, -0.2) is 16.0 Å². The fourth-order valence-corrected chi connectivity index (χ4v) is 1.43. The number of allylic oxidation sites excluding steroid dienone is 2. The molecule has 1 heterocycles. The number of fused-ring (bicyclic) bond motifs is 1. The van der Waals surface area contributed by atoms with E-state index in [4.69, 9.17) is 11.1 Å². The second kappa shape index (κ2) is 3.14. The maximum absolute atomic E-state index is 7.35. The molecule has 4 nitrogen and oxygen atoms in total. The molecule has 1 aromatic rings. The normalized spacial score (nSPS) is 19.1. The average Bonchev–Trinajstić information content (AvgIpc) is 2.46. The molecule has 14 heavy (non-hydrogen) atoms. The Morgan fingerprint density at radius 2 is 2.21 bits per heavy atom. The molecule has 2 rings (SSSR count). The van der Waals surface area contributed by atoms with Crippen LogP contribution in [0.1, 0.15) is 23.9 Å². The fraction of sp³-hybridized carbons (Fsp3) is 0.200. The second-order valence-electron chi connectivity index (χ2n) is 3.39. The van der Waals surface area contributed by atoms with Gasteiger partial charge in [0.25, 0.3) is 0 Å². The Kier molecular flexibility index (Phi) is 1.96. The van der Waals surface area contributed by atoms with Crippen LogP contribution in [-0.2, 0) is 0 Å². The first-order valence-corrected chi connectivity index (χ1v) is 4.47. The Hall–Kier alpha value is -1.84. The number of nitrogens with two attached hydrogens (primary N) is 1. The molecule has 1 aliphatic carbocycles. The fourth-order valence-electron chi connectivity index (χ4n) is 1.43. The molecule has 0 spiro atoms. The Labute approximate surface area is 82.0 Å². The molecule has 0 saturated carbocycles. The third kappa shape index (κ3) is 1.35. The van der Waals surface area contributed by atoms with Crippen LogP contribution < -0.4 is 5.73 Å². The van der Waals surface area contributed by atoms with Gasteiger partial charge in [-0.3, -0.25) is 10.5 Å². The molecule has 0 aliphatic heterocycles. The molecular formula is C10H12N4. The molecule has 1 unspecified atom stereocenters. The van der Waals surface area contributed by atoms with Crippen molar-refractivity contribution in [1.29, 1.82) is 5.41 Å². The second-order valence-corrected chi connectivity index (χ2v) is 3.39. The topological polar surface area (TPSA) is 78.5 Å². The highest BCUT2D eigenvalue weighted by molar-refractivity contribution is 5.97. The third-order valence-corrected chi connectivity index (χ3v) is 2.22. The molecule has 1 atom stereocenters. The lowest BCUT2D eigenvalue weighted by Gasteiger charge is -1.94. The first-order chi connectivity index (χ1) is 6.68. The van der Waals surface area contributed by atoms with E-state index in [0.717, 1.165) is 11.3 Å². The quantitative estimate of drug-likeness (QED) is 0.459. The number of nitrogens with zero attached hydrogens (tertiary/aromatic N) is 1. The van der Waals surface area contributed by atoms with E-state index in [9.17, 15) is 0 Å². The van der Waals surface area contributed by atoms with Gasteiger partial charge in [-0.15, -0.1) is 0 Å². The van der Waals surface area contributed by atoms with Gasteiger partial charge in [0.2, 0.25) is 0 Å². The summed E-state index contributed by atoms with van der Waals surface area (Å²) in [5.41, 5.74) is 7.75. The molecule has 0 aromatic carbocycles. The van der Waals surface area contributed by atoms with E-state index in [1.54, 1.807) is 0 Å². The lowest BCUT2D eigenvalue weighted by Crippen LogP contribution is -2.12. The highest BCUT2D eigenvalue weighted by atomic mass is 15.1. The molecule has 0 fully saturated rings. The van der Waals surface area contributed by atoms with Gasteiger partial charge in [-0.2, -0.15) is 5.10 Å². The van der Waals surface area contributed by atoms with Crippen molar-refractivity contribution < 1.29 is 0 Å². The van der Waals surface area contributed by atoms with Crippen LogP contribution in [0.2, 0.25) is 0 Å². The number of H-pyrrole nitrogens is 1. The summed E-state index contributed by atoms with van der Waals surface area (Å²) < 4.78 is 0. The van der Waals surface area contributed by atoms with Crippen LogP contribution >= 0.6 is 0 Å². The molecule has 4 N–H and O–H groups in total. The van der Waals surface area contributed by atoms with Crippen molar-refractivity contribution in [1.82, 2.24) is 10.2 Å². The van der Waals surface area contributed by atoms with Gasteiger partial charge in [-0.25, -0.2) is 0 Å². The van der Waals surface area contributed by atoms with Crippen molar-refractivity contribution in [2.24, 2.45) is 11.7 Å². The molecule has 4 heteroatoms. The molecule has 1 aromatic heterocycles. The van der Waals surface area contributed by atoms with Gasteiger partial charge in [0, 0.05) is 5.56 Å². The first-order valence-electron chi connectivity index (χ1n) is 4.47. The third-order valence-electron chi connectivity index (χ3n) is 2.22. The number of rotatable bonds is 1. The zero-order chi connectivity index (χ0) is 10.1. The number of hydrogen-bond acceptors (Lipinski definition) is 2. The van der Waals surface area contributed by atoms with E-state index in [0.29, 0.717) is 11.6 Å². The van der Waals surface area contributed by atoms with E-state index < -0.39 is 0 Å². The maximum Gasteiger partial charge on any atom is 0.144 e. The van der Waals surface area contributed by atoms with Gasteiger partial charge in [0.1, 0.15) is 11.5 Å². The molecule has 72 valence electrons.